The first-order valence-electron chi connectivity index (χ1n) is 11.0. The molecule has 1 amide bonds. The fourth-order valence-corrected chi connectivity index (χ4v) is 4.53. The topological polar surface area (TPSA) is 98.2 Å². The van der Waals surface area contributed by atoms with Gasteiger partial charge in [0, 0.05) is 29.0 Å². The van der Waals surface area contributed by atoms with Crippen molar-refractivity contribution in [2.24, 2.45) is 0 Å². The smallest absolute Gasteiger partial charge is 0.295 e. The van der Waals surface area contributed by atoms with Crippen LogP contribution in [0.3, 0.4) is 0 Å². The fourth-order valence-electron chi connectivity index (χ4n) is 4.28. The number of aryl methyl sites for hydroxylation is 1. The lowest BCUT2D eigenvalue weighted by Crippen LogP contribution is -2.29. The third-order valence-corrected chi connectivity index (χ3v) is 6.94. The maximum Gasteiger partial charge on any atom is 0.295 e. The zero-order valence-corrected chi connectivity index (χ0v) is 21.8. The second kappa shape index (κ2) is 10.4. The molecule has 1 aliphatic rings. The number of ether oxygens (including phenoxy) is 3. The molecular weight excluding hydrogens is 528 g/mol. The van der Waals surface area contributed by atoms with Gasteiger partial charge < -0.3 is 24.2 Å². The SMILES string of the molecule is COc1cc(C2/C(=C(\O)c3ccc(Br)c(C)c3)C(=O)C(=O)N2Cc2cccnc2)cc(OC)c1OC. The van der Waals surface area contributed by atoms with Gasteiger partial charge in [0.25, 0.3) is 11.7 Å². The summed E-state index contributed by atoms with van der Waals surface area (Å²) in [4.78, 5) is 32.2. The Morgan fingerprint density at radius 3 is 2.31 bits per heavy atom. The van der Waals surface area contributed by atoms with Crippen LogP contribution in [0.1, 0.15) is 28.3 Å². The molecule has 1 fully saturated rings. The molecule has 1 unspecified atom stereocenters. The Labute approximate surface area is 217 Å². The summed E-state index contributed by atoms with van der Waals surface area (Å²) in [6.45, 7) is 1.98. The lowest BCUT2D eigenvalue weighted by Gasteiger charge is -2.26. The van der Waals surface area contributed by atoms with Gasteiger partial charge in [0.1, 0.15) is 5.76 Å². The minimum absolute atomic E-state index is 0.0279. The van der Waals surface area contributed by atoms with Crippen LogP contribution in [0.25, 0.3) is 5.76 Å². The number of methoxy groups -OCH3 is 3. The van der Waals surface area contributed by atoms with E-state index in [1.165, 1.54) is 26.2 Å². The Morgan fingerprint density at radius 2 is 1.75 bits per heavy atom. The lowest BCUT2D eigenvalue weighted by molar-refractivity contribution is -0.140. The van der Waals surface area contributed by atoms with Crippen molar-refractivity contribution in [2.45, 2.75) is 19.5 Å². The van der Waals surface area contributed by atoms with Gasteiger partial charge in [-0.2, -0.15) is 0 Å². The number of aromatic nitrogens is 1. The number of hydrogen-bond acceptors (Lipinski definition) is 7. The third kappa shape index (κ3) is 4.54. The summed E-state index contributed by atoms with van der Waals surface area (Å²) in [5.74, 6) is -0.687. The molecule has 0 bridgehead atoms. The number of benzene rings is 2. The number of rotatable bonds is 7. The average Bonchev–Trinajstić information content (AvgIpc) is 3.14. The Kier molecular flexibility index (Phi) is 7.30. The Balaban J connectivity index is 1.96. The van der Waals surface area contributed by atoms with Crippen molar-refractivity contribution in [1.82, 2.24) is 9.88 Å². The molecule has 0 saturated carbocycles. The minimum Gasteiger partial charge on any atom is -0.507 e. The van der Waals surface area contributed by atoms with E-state index in [9.17, 15) is 14.7 Å². The number of nitrogens with zero attached hydrogens (tertiary/aromatic N) is 2. The number of likely N-dealkylation sites (tertiary alicyclic amines) is 1. The number of halogens is 1. The Bertz CT molecular complexity index is 1330. The molecule has 8 nitrogen and oxygen atoms in total. The number of carbonyl (C=O) groups excluding carboxylic acids is 2. The maximum atomic E-state index is 13.4. The van der Waals surface area contributed by atoms with Crippen molar-refractivity contribution < 1.29 is 28.9 Å². The van der Waals surface area contributed by atoms with Gasteiger partial charge in [0.05, 0.1) is 32.9 Å². The van der Waals surface area contributed by atoms with Crippen LogP contribution < -0.4 is 14.2 Å². The van der Waals surface area contributed by atoms with Gasteiger partial charge in [-0.3, -0.25) is 14.6 Å². The highest BCUT2D eigenvalue weighted by molar-refractivity contribution is 9.10. The molecule has 36 heavy (non-hydrogen) atoms. The summed E-state index contributed by atoms with van der Waals surface area (Å²) >= 11 is 3.45. The Hall–Kier alpha value is -3.85. The number of aliphatic hydroxyl groups excluding tert-OH is 1. The van der Waals surface area contributed by atoms with Crippen LogP contribution in [0.2, 0.25) is 0 Å². The number of hydrogen-bond donors (Lipinski definition) is 1. The summed E-state index contributed by atoms with van der Waals surface area (Å²) in [5.41, 5.74) is 2.51. The van der Waals surface area contributed by atoms with Gasteiger partial charge in [-0.05, 0) is 53.9 Å². The highest BCUT2D eigenvalue weighted by Crippen LogP contribution is 2.46. The summed E-state index contributed by atoms with van der Waals surface area (Å²) < 4.78 is 17.3. The zero-order valence-electron chi connectivity index (χ0n) is 20.2. The fraction of sp³-hybridized carbons (Fsp3) is 0.222. The third-order valence-electron chi connectivity index (χ3n) is 6.05. The van der Waals surface area contributed by atoms with Crippen molar-refractivity contribution in [2.75, 3.05) is 21.3 Å². The van der Waals surface area contributed by atoms with Crippen LogP contribution in [0.5, 0.6) is 17.2 Å². The quantitative estimate of drug-likeness (QED) is 0.255. The molecule has 1 aliphatic heterocycles. The maximum absolute atomic E-state index is 13.4. The van der Waals surface area contributed by atoms with Crippen LogP contribution in [0.4, 0.5) is 0 Å². The van der Waals surface area contributed by atoms with E-state index >= 15 is 0 Å². The van der Waals surface area contributed by atoms with Crippen molar-refractivity contribution in [1.29, 1.82) is 0 Å². The molecule has 1 atom stereocenters. The van der Waals surface area contributed by atoms with Gasteiger partial charge in [-0.1, -0.05) is 28.1 Å². The van der Waals surface area contributed by atoms with Gasteiger partial charge in [-0.15, -0.1) is 0 Å². The van der Waals surface area contributed by atoms with E-state index in [1.54, 1.807) is 48.8 Å². The predicted molar refractivity (Wildman–Crippen MR) is 137 cm³/mol. The van der Waals surface area contributed by atoms with Crippen LogP contribution in [-0.2, 0) is 16.1 Å². The molecule has 186 valence electrons. The molecule has 0 spiro atoms. The van der Waals surface area contributed by atoms with E-state index in [1.807, 2.05) is 13.0 Å². The summed E-state index contributed by atoms with van der Waals surface area (Å²) in [5, 5.41) is 11.4. The number of aliphatic hydroxyl groups is 1. The molecule has 9 heteroatoms. The first-order chi connectivity index (χ1) is 17.3. The molecule has 4 rings (SSSR count). The van der Waals surface area contributed by atoms with Crippen LogP contribution in [-0.4, -0.2) is 48.0 Å². The van der Waals surface area contributed by atoms with E-state index in [4.69, 9.17) is 14.2 Å². The van der Waals surface area contributed by atoms with Crippen molar-refractivity contribution in [3.8, 4) is 17.2 Å². The summed E-state index contributed by atoms with van der Waals surface area (Å²) in [6.07, 6.45) is 3.26. The monoisotopic (exact) mass is 552 g/mol. The van der Waals surface area contributed by atoms with E-state index in [-0.39, 0.29) is 17.9 Å². The number of amides is 1. The molecule has 0 radical (unpaired) electrons. The van der Waals surface area contributed by atoms with Crippen molar-refractivity contribution >= 4 is 33.4 Å². The van der Waals surface area contributed by atoms with E-state index in [0.717, 1.165) is 15.6 Å². The van der Waals surface area contributed by atoms with Gasteiger partial charge in [-0.25, -0.2) is 0 Å². The van der Waals surface area contributed by atoms with Crippen LogP contribution in [0, 0.1) is 6.92 Å². The first-order valence-corrected chi connectivity index (χ1v) is 11.8. The van der Waals surface area contributed by atoms with Gasteiger partial charge >= 0.3 is 0 Å². The number of carbonyl (C=O) groups is 2. The van der Waals surface area contributed by atoms with Gasteiger partial charge in [0.2, 0.25) is 5.75 Å². The molecular formula is C27H25BrN2O6. The molecule has 1 aromatic heterocycles. The molecule has 2 aromatic carbocycles. The molecule has 2 heterocycles. The summed E-state index contributed by atoms with van der Waals surface area (Å²) in [7, 11) is 4.46. The normalized spacial score (nSPS) is 16.8. The van der Waals surface area contributed by atoms with E-state index in [2.05, 4.69) is 20.9 Å². The standard InChI is InChI=1S/C27H25BrN2O6/c1-15-10-17(7-8-19(15)28)24(31)22-23(18-11-20(34-2)26(36-4)21(12-18)35-3)30(27(33)25(22)32)14-16-6-5-9-29-13-16/h5-13,23,31H,14H2,1-4H3/b24-22+. The minimum atomic E-state index is -0.914. The van der Waals surface area contributed by atoms with E-state index < -0.39 is 17.7 Å². The zero-order chi connectivity index (χ0) is 26.0. The van der Waals surface area contributed by atoms with Crippen molar-refractivity contribution in [3.63, 3.8) is 0 Å². The summed E-state index contributed by atoms with van der Waals surface area (Å²) in [6, 6.07) is 11.2. The molecule has 3 aromatic rings. The second-order valence-corrected chi connectivity index (χ2v) is 9.07. The lowest BCUT2D eigenvalue weighted by atomic mass is 9.94. The highest BCUT2D eigenvalue weighted by atomic mass is 79.9. The van der Waals surface area contributed by atoms with Crippen LogP contribution >= 0.6 is 15.9 Å². The largest absolute Gasteiger partial charge is 0.507 e. The van der Waals surface area contributed by atoms with Crippen molar-refractivity contribution in [3.05, 3.63) is 87.2 Å². The number of Topliss-reactive ketones (excluding diaryl/α,β-unsaturated/α-hetero) is 1. The molecule has 0 aliphatic carbocycles. The number of pyridine rings is 1. The second-order valence-electron chi connectivity index (χ2n) is 8.21. The molecule has 1 saturated heterocycles. The van der Waals surface area contributed by atoms with Gasteiger partial charge in [0.15, 0.2) is 11.5 Å². The Morgan fingerprint density at radius 1 is 1.06 bits per heavy atom. The first kappa shape index (κ1) is 25.2. The van der Waals surface area contributed by atoms with E-state index in [0.29, 0.717) is 28.4 Å². The predicted octanol–water partition coefficient (Wildman–Crippen LogP) is 4.80. The average molecular weight is 553 g/mol. The molecule has 1 N–H and O–H groups in total. The van der Waals surface area contributed by atoms with Crippen LogP contribution in [0.15, 0.2) is 64.9 Å². The number of ketones is 1. The highest BCUT2D eigenvalue weighted by Gasteiger charge is 2.46.